The van der Waals surface area contributed by atoms with E-state index in [1.807, 2.05) is 0 Å². The van der Waals surface area contributed by atoms with Crippen molar-refractivity contribution in [3.05, 3.63) is 35.4 Å². The van der Waals surface area contributed by atoms with Crippen LogP contribution in [0.15, 0.2) is 24.3 Å². The summed E-state index contributed by atoms with van der Waals surface area (Å²) in [6.45, 7) is 1.21. The van der Waals surface area contributed by atoms with Gasteiger partial charge in [0.25, 0.3) is 0 Å². The fourth-order valence-electron chi connectivity index (χ4n) is 2.10. The number of ether oxygens (including phenoxy) is 1. The summed E-state index contributed by atoms with van der Waals surface area (Å²) < 4.78 is 32.1. The lowest BCUT2D eigenvalue weighted by Crippen LogP contribution is -2.39. The maximum absolute atomic E-state index is 12.1. The van der Waals surface area contributed by atoms with Crippen LogP contribution in [0.1, 0.15) is 24.0 Å². The van der Waals surface area contributed by atoms with Crippen LogP contribution in [0.5, 0.6) is 0 Å². The standard InChI is InChI=1S/C13H18N2O3S2/c14-13(19)11-3-1-10(2-4-11)9-20(16,17)15-12-5-7-18-8-6-12/h1-4,12,15H,5-9H2,(H2,14,19). The van der Waals surface area contributed by atoms with Crippen LogP contribution in [-0.4, -0.2) is 32.7 Å². The first-order chi connectivity index (χ1) is 9.46. The average Bonchev–Trinajstić information content (AvgIpc) is 2.39. The van der Waals surface area contributed by atoms with Crippen LogP contribution in [0.25, 0.3) is 0 Å². The minimum Gasteiger partial charge on any atom is -0.389 e. The topological polar surface area (TPSA) is 81.4 Å². The van der Waals surface area contributed by atoms with Crippen molar-refractivity contribution in [1.29, 1.82) is 0 Å². The Hall–Kier alpha value is -1.02. The van der Waals surface area contributed by atoms with E-state index < -0.39 is 10.0 Å². The molecule has 5 nitrogen and oxygen atoms in total. The van der Waals surface area contributed by atoms with E-state index in [9.17, 15) is 8.42 Å². The molecule has 1 saturated heterocycles. The number of nitrogens with one attached hydrogen (secondary N) is 1. The summed E-state index contributed by atoms with van der Waals surface area (Å²) >= 11 is 4.86. The van der Waals surface area contributed by atoms with Crippen molar-refractivity contribution in [3.63, 3.8) is 0 Å². The first kappa shape index (κ1) is 15.4. The van der Waals surface area contributed by atoms with Crippen molar-refractivity contribution in [3.8, 4) is 0 Å². The van der Waals surface area contributed by atoms with Crippen LogP contribution >= 0.6 is 12.2 Å². The van der Waals surface area contributed by atoms with Crippen LogP contribution in [0.2, 0.25) is 0 Å². The lowest BCUT2D eigenvalue weighted by molar-refractivity contribution is 0.0832. The van der Waals surface area contributed by atoms with E-state index >= 15 is 0 Å². The zero-order valence-corrected chi connectivity index (χ0v) is 12.7. The number of nitrogens with two attached hydrogens (primary N) is 1. The molecule has 0 atom stereocenters. The predicted octanol–water partition coefficient (Wildman–Crippen LogP) is 0.919. The Kier molecular flexibility index (Phi) is 5.09. The van der Waals surface area contributed by atoms with E-state index in [1.54, 1.807) is 24.3 Å². The molecule has 1 aromatic rings. The van der Waals surface area contributed by atoms with Gasteiger partial charge in [0, 0.05) is 24.8 Å². The largest absolute Gasteiger partial charge is 0.389 e. The first-order valence-corrected chi connectivity index (χ1v) is 8.49. The number of thiocarbonyl (C=S) groups is 1. The average molecular weight is 314 g/mol. The molecule has 0 unspecified atom stereocenters. The molecule has 0 amide bonds. The monoisotopic (exact) mass is 314 g/mol. The third-order valence-corrected chi connectivity index (χ3v) is 4.80. The van der Waals surface area contributed by atoms with Gasteiger partial charge in [-0.05, 0) is 18.4 Å². The van der Waals surface area contributed by atoms with Gasteiger partial charge >= 0.3 is 0 Å². The van der Waals surface area contributed by atoms with E-state index in [4.69, 9.17) is 22.7 Å². The molecule has 1 aromatic carbocycles. The number of hydrogen-bond acceptors (Lipinski definition) is 4. The maximum Gasteiger partial charge on any atom is 0.216 e. The van der Waals surface area contributed by atoms with Gasteiger partial charge in [0.05, 0.1) is 5.75 Å². The smallest absolute Gasteiger partial charge is 0.216 e. The lowest BCUT2D eigenvalue weighted by atomic mass is 10.1. The summed E-state index contributed by atoms with van der Waals surface area (Å²) in [5, 5.41) is 0. The van der Waals surface area contributed by atoms with Crippen molar-refractivity contribution < 1.29 is 13.2 Å². The summed E-state index contributed by atoms with van der Waals surface area (Å²) in [5.41, 5.74) is 6.95. The van der Waals surface area contributed by atoms with Crippen molar-refractivity contribution in [2.75, 3.05) is 13.2 Å². The van der Waals surface area contributed by atoms with Gasteiger partial charge in [0.2, 0.25) is 10.0 Å². The van der Waals surface area contributed by atoms with Crippen molar-refractivity contribution in [2.24, 2.45) is 5.73 Å². The minimum absolute atomic E-state index is 0.0235. The van der Waals surface area contributed by atoms with E-state index in [1.165, 1.54) is 0 Å². The normalized spacial score (nSPS) is 17.0. The molecule has 7 heteroatoms. The third-order valence-electron chi connectivity index (χ3n) is 3.16. The third kappa shape index (κ3) is 4.52. The SMILES string of the molecule is NC(=S)c1ccc(CS(=O)(=O)NC2CCOCC2)cc1. The highest BCUT2D eigenvalue weighted by atomic mass is 32.2. The van der Waals surface area contributed by atoms with Crippen molar-refractivity contribution in [2.45, 2.75) is 24.6 Å². The van der Waals surface area contributed by atoms with Crippen LogP contribution in [0.4, 0.5) is 0 Å². The molecule has 110 valence electrons. The fourth-order valence-corrected chi connectivity index (χ4v) is 3.69. The predicted molar refractivity (Wildman–Crippen MR) is 81.9 cm³/mol. The van der Waals surface area contributed by atoms with Crippen LogP contribution in [0.3, 0.4) is 0 Å². The lowest BCUT2D eigenvalue weighted by Gasteiger charge is -2.22. The van der Waals surface area contributed by atoms with Crippen LogP contribution in [-0.2, 0) is 20.5 Å². The minimum atomic E-state index is -3.34. The molecule has 2 rings (SSSR count). The molecule has 3 N–H and O–H groups in total. The maximum atomic E-state index is 12.1. The molecule has 0 saturated carbocycles. The summed E-state index contributed by atoms with van der Waals surface area (Å²) in [5.74, 6) is -0.0397. The molecule has 0 aliphatic carbocycles. The molecular weight excluding hydrogens is 296 g/mol. The summed E-state index contributed by atoms with van der Waals surface area (Å²) in [4.78, 5) is 0.305. The van der Waals surface area contributed by atoms with Gasteiger partial charge in [-0.2, -0.15) is 0 Å². The highest BCUT2D eigenvalue weighted by molar-refractivity contribution is 7.88. The molecule has 1 fully saturated rings. The number of benzene rings is 1. The first-order valence-electron chi connectivity index (χ1n) is 6.43. The summed E-state index contributed by atoms with van der Waals surface area (Å²) in [7, 11) is -3.34. The molecular formula is C13H18N2O3S2. The van der Waals surface area contributed by atoms with Crippen molar-refractivity contribution in [1.82, 2.24) is 4.72 Å². The van der Waals surface area contributed by atoms with Gasteiger partial charge in [0.1, 0.15) is 4.99 Å². The van der Waals surface area contributed by atoms with Gasteiger partial charge < -0.3 is 10.5 Å². The molecule has 0 spiro atoms. The number of rotatable bonds is 5. The van der Waals surface area contributed by atoms with Gasteiger partial charge in [-0.15, -0.1) is 0 Å². The fraction of sp³-hybridized carbons (Fsp3) is 0.462. The Balaban J connectivity index is 1.98. The second-order valence-corrected chi connectivity index (χ2v) is 7.02. The van der Waals surface area contributed by atoms with Gasteiger partial charge in [-0.25, -0.2) is 13.1 Å². The second kappa shape index (κ2) is 6.62. The quantitative estimate of drug-likeness (QED) is 0.790. The number of hydrogen-bond donors (Lipinski definition) is 2. The Morgan fingerprint density at radius 1 is 1.30 bits per heavy atom. The van der Waals surface area contributed by atoms with Crippen LogP contribution < -0.4 is 10.5 Å². The van der Waals surface area contributed by atoms with E-state index in [2.05, 4.69) is 4.72 Å². The molecule has 0 radical (unpaired) electrons. The van der Waals surface area contributed by atoms with Gasteiger partial charge in [-0.1, -0.05) is 36.5 Å². The zero-order valence-electron chi connectivity index (χ0n) is 11.0. The van der Waals surface area contributed by atoms with Crippen molar-refractivity contribution >= 4 is 27.2 Å². The summed E-state index contributed by atoms with van der Waals surface area (Å²) in [6.07, 6.45) is 1.44. The molecule has 1 aliphatic heterocycles. The second-order valence-electron chi connectivity index (χ2n) is 4.82. The zero-order chi connectivity index (χ0) is 14.6. The molecule has 0 bridgehead atoms. The molecule has 1 aliphatic rings. The molecule has 20 heavy (non-hydrogen) atoms. The Bertz CT molecular complexity index is 564. The van der Waals surface area contributed by atoms with E-state index in [0.717, 1.165) is 18.4 Å². The Morgan fingerprint density at radius 3 is 2.45 bits per heavy atom. The Labute approximate surface area is 124 Å². The van der Waals surface area contributed by atoms with Gasteiger partial charge in [0.15, 0.2) is 0 Å². The molecule has 1 heterocycles. The molecule has 0 aromatic heterocycles. The van der Waals surface area contributed by atoms with E-state index in [-0.39, 0.29) is 11.8 Å². The van der Waals surface area contributed by atoms with Crippen LogP contribution in [0, 0.1) is 0 Å². The number of sulfonamides is 1. The Morgan fingerprint density at radius 2 is 1.90 bits per heavy atom. The highest BCUT2D eigenvalue weighted by Gasteiger charge is 2.20. The van der Waals surface area contributed by atoms with E-state index in [0.29, 0.717) is 23.8 Å². The van der Waals surface area contributed by atoms with Gasteiger partial charge in [-0.3, -0.25) is 0 Å². The highest BCUT2D eigenvalue weighted by Crippen LogP contribution is 2.11. The summed E-state index contributed by atoms with van der Waals surface area (Å²) in [6, 6.07) is 6.92.